The van der Waals surface area contributed by atoms with Crippen molar-refractivity contribution >= 4 is 11.5 Å². The highest BCUT2D eigenvalue weighted by Gasteiger charge is 2.22. The van der Waals surface area contributed by atoms with Crippen LogP contribution in [0, 0.1) is 5.92 Å². The highest BCUT2D eigenvalue weighted by molar-refractivity contribution is 5.44. The Bertz CT molecular complexity index is 844. The van der Waals surface area contributed by atoms with Crippen molar-refractivity contribution in [2.24, 2.45) is 5.92 Å². The molecule has 1 saturated heterocycles. The fraction of sp³-hybridized carbons (Fsp3) is 0.450. The van der Waals surface area contributed by atoms with Crippen LogP contribution < -0.4 is 5.32 Å². The lowest BCUT2D eigenvalue weighted by atomic mass is 10.1. The zero-order valence-electron chi connectivity index (χ0n) is 15.3. The summed E-state index contributed by atoms with van der Waals surface area (Å²) in [7, 11) is 0. The molecule has 0 aliphatic carbocycles. The lowest BCUT2D eigenvalue weighted by Gasteiger charge is -2.16. The second-order valence-corrected chi connectivity index (χ2v) is 7.03. The lowest BCUT2D eigenvalue weighted by Crippen LogP contribution is -2.25. The third-order valence-electron chi connectivity index (χ3n) is 5.14. The van der Waals surface area contributed by atoms with Crippen molar-refractivity contribution in [2.75, 3.05) is 31.5 Å². The minimum absolute atomic E-state index is 0.676. The number of rotatable bonds is 7. The molecule has 26 heavy (non-hydrogen) atoms. The Morgan fingerprint density at radius 2 is 2.00 bits per heavy atom. The first-order valence-corrected chi connectivity index (χ1v) is 9.53. The van der Waals surface area contributed by atoms with Crippen molar-refractivity contribution in [3.63, 3.8) is 0 Å². The summed E-state index contributed by atoms with van der Waals surface area (Å²) in [6.07, 6.45) is 3.21. The summed E-state index contributed by atoms with van der Waals surface area (Å²) < 4.78 is 1.84. The van der Waals surface area contributed by atoms with Gasteiger partial charge in [-0.05, 0) is 43.0 Å². The Kier molecular flexibility index (Phi) is 5.11. The molecule has 3 aromatic rings. The topological polar surface area (TPSA) is 58.4 Å². The van der Waals surface area contributed by atoms with Crippen molar-refractivity contribution in [3.05, 3.63) is 53.9 Å². The quantitative estimate of drug-likeness (QED) is 0.710. The number of aryl methyl sites for hydroxylation is 1. The summed E-state index contributed by atoms with van der Waals surface area (Å²) >= 11 is 0. The summed E-state index contributed by atoms with van der Waals surface area (Å²) in [5, 5.41) is 16.4. The van der Waals surface area contributed by atoms with Crippen LogP contribution in [0.25, 0.3) is 5.65 Å². The van der Waals surface area contributed by atoms with E-state index in [-0.39, 0.29) is 0 Å². The van der Waals surface area contributed by atoms with E-state index in [4.69, 9.17) is 0 Å². The van der Waals surface area contributed by atoms with Gasteiger partial charge in [-0.2, -0.15) is 4.52 Å². The zero-order chi connectivity index (χ0) is 17.8. The molecule has 6 nitrogen and oxygen atoms in total. The van der Waals surface area contributed by atoms with E-state index < -0.39 is 0 Å². The Balaban J connectivity index is 1.27. The van der Waals surface area contributed by atoms with Gasteiger partial charge in [0.2, 0.25) is 0 Å². The molecule has 136 valence electrons. The molecule has 1 fully saturated rings. The van der Waals surface area contributed by atoms with Gasteiger partial charge < -0.3 is 10.2 Å². The third kappa shape index (κ3) is 3.85. The SMILES string of the molecule is CCc1nnc2ccc(NC[C@H]3CCN(CCc4ccccc4)C3)nn12. The summed E-state index contributed by atoms with van der Waals surface area (Å²) in [5.74, 6) is 2.47. The molecular weight excluding hydrogens is 324 g/mol. The number of hydrogen-bond donors (Lipinski definition) is 1. The van der Waals surface area contributed by atoms with Gasteiger partial charge in [0, 0.05) is 26.1 Å². The molecule has 1 aromatic carbocycles. The van der Waals surface area contributed by atoms with E-state index in [1.165, 1.54) is 18.5 Å². The van der Waals surface area contributed by atoms with Gasteiger partial charge >= 0.3 is 0 Å². The largest absolute Gasteiger partial charge is 0.368 e. The minimum atomic E-state index is 0.676. The smallest absolute Gasteiger partial charge is 0.178 e. The second-order valence-electron chi connectivity index (χ2n) is 7.03. The first kappa shape index (κ1) is 17.0. The number of hydrogen-bond acceptors (Lipinski definition) is 5. The monoisotopic (exact) mass is 350 g/mol. The third-order valence-corrected chi connectivity index (χ3v) is 5.14. The molecular formula is C20H26N6. The summed E-state index contributed by atoms with van der Waals surface area (Å²) in [4.78, 5) is 2.57. The Morgan fingerprint density at radius 3 is 2.85 bits per heavy atom. The standard InChI is InChI=1S/C20H26N6/c1-2-19-22-23-20-9-8-18(24-26(19)20)21-14-17-11-13-25(15-17)12-10-16-6-4-3-5-7-16/h3-9,17H,2,10-15H2,1H3,(H,21,24)/t17-/m1/s1. The van der Waals surface area contributed by atoms with Crippen LogP contribution in [-0.2, 0) is 12.8 Å². The van der Waals surface area contributed by atoms with Crippen LogP contribution in [0.15, 0.2) is 42.5 Å². The minimum Gasteiger partial charge on any atom is -0.368 e. The van der Waals surface area contributed by atoms with E-state index >= 15 is 0 Å². The number of anilines is 1. The van der Waals surface area contributed by atoms with Crippen molar-refractivity contribution < 1.29 is 0 Å². The van der Waals surface area contributed by atoms with Crippen LogP contribution in [0.5, 0.6) is 0 Å². The predicted octanol–water partition coefficient (Wildman–Crippen LogP) is 2.66. The predicted molar refractivity (Wildman–Crippen MR) is 103 cm³/mol. The molecule has 1 aliphatic heterocycles. The van der Waals surface area contributed by atoms with Crippen LogP contribution in [0.1, 0.15) is 24.7 Å². The van der Waals surface area contributed by atoms with E-state index in [9.17, 15) is 0 Å². The number of aromatic nitrogens is 4. The van der Waals surface area contributed by atoms with E-state index in [2.05, 4.69) is 62.8 Å². The number of nitrogens with one attached hydrogen (secondary N) is 1. The van der Waals surface area contributed by atoms with Crippen LogP contribution in [0.2, 0.25) is 0 Å². The van der Waals surface area contributed by atoms with Gasteiger partial charge in [0.15, 0.2) is 11.5 Å². The van der Waals surface area contributed by atoms with E-state index in [0.29, 0.717) is 5.92 Å². The maximum atomic E-state index is 4.63. The number of benzene rings is 1. The number of likely N-dealkylation sites (tertiary alicyclic amines) is 1. The van der Waals surface area contributed by atoms with E-state index in [1.54, 1.807) is 0 Å². The molecule has 1 atom stereocenters. The first-order valence-electron chi connectivity index (χ1n) is 9.53. The lowest BCUT2D eigenvalue weighted by molar-refractivity contribution is 0.330. The number of nitrogens with zero attached hydrogens (tertiary/aromatic N) is 5. The highest BCUT2D eigenvalue weighted by atomic mass is 15.4. The Hall–Kier alpha value is -2.47. The van der Waals surface area contributed by atoms with Crippen molar-refractivity contribution in [3.8, 4) is 0 Å². The van der Waals surface area contributed by atoms with Crippen LogP contribution in [0.3, 0.4) is 0 Å². The van der Waals surface area contributed by atoms with Crippen LogP contribution >= 0.6 is 0 Å². The maximum absolute atomic E-state index is 4.63. The van der Waals surface area contributed by atoms with Crippen molar-refractivity contribution in [1.29, 1.82) is 0 Å². The average Bonchev–Trinajstić information content (AvgIpc) is 3.31. The van der Waals surface area contributed by atoms with Gasteiger partial charge in [0.05, 0.1) is 0 Å². The summed E-state index contributed by atoms with van der Waals surface area (Å²) in [5.41, 5.74) is 2.23. The fourth-order valence-electron chi connectivity index (χ4n) is 3.61. The zero-order valence-corrected chi connectivity index (χ0v) is 15.3. The summed E-state index contributed by atoms with van der Waals surface area (Å²) in [6, 6.07) is 14.7. The number of fused-ring (bicyclic) bond motifs is 1. The van der Waals surface area contributed by atoms with Crippen LogP contribution in [0.4, 0.5) is 5.82 Å². The summed E-state index contributed by atoms with van der Waals surface area (Å²) in [6.45, 7) is 6.53. The molecule has 1 aliphatic rings. The molecule has 0 radical (unpaired) electrons. The Labute approximate surface area is 154 Å². The molecule has 0 spiro atoms. The molecule has 3 heterocycles. The highest BCUT2D eigenvalue weighted by Crippen LogP contribution is 2.18. The maximum Gasteiger partial charge on any atom is 0.178 e. The van der Waals surface area contributed by atoms with Crippen molar-refractivity contribution in [1.82, 2.24) is 24.7 Å². The van der Waals surface area contributed by atoms with Gasteiger partial charge in [-0.3, -0.25) is 0 Å². The van der Waals surface area contributed by atoms with Crippen LogP contribution in [-0.4, -0.2) is 50.9 Å². The first-order chi connectivity index (χ1) is 12.8. The molecule has 4 rings (SSSR count). The van der Waals surface area contributed by atoms with Gasteiger partial charge in [0.25, 0.3) is 0 Å². The molecule has 6 heteroatoms. The van der Waals surface area contributed by atoms with E-state index in [0.717, 1.165) is 49.8 Å². The molecule has 0 bridgehead atoms. The molecule has 0 unspecified atom stereocenters. The molecule has 2 aromatic heterocycles. The molecule has 1 N–H and O–H groups in total. The fourth-order valence-corrected chi connectivity index (χ4v) is 3.61. The molecule has 0 saturated carbocycles. The van der Waals surface area contributed by atoms with Gasteiger partial charge in [0.1, 0.15) is 5.82 Å². The normalized spacial score (nSPS) is 17.8. The van der Waals surface area contributed by atoms with Gasteiger partial charge in [-0.15, -0.1) is 15.3 Å². The van der Waals surface area contributed by atoms with Gasteiger partial charge in [-0.25, -0.2) is 0 Å². The molecule has 0 amide bonds. The van der Waals surface area contributed by atoms with Crippen molar-refractivity contribution in [2.45, 2.75) is 26.2 Å². The Morgan fingerprint density at radius 1 is 1.12 bits per heavy atom. The average molecular weight is 350 g/mol. The van der Waals surface area contributed by atoms with E-state index in [1.807, 2.05) is 16.6 Å². The second kappa shape index (κ2) is 7.83. The van der Waals surface area contributed by atoms with Gasteiger partial charge in [-0.1, -0.05) is 37.3 Å².